The zero-order valence-electron chi connectivity index (χ0n) is 13.2. The van der Waals surface area contributed by atoms with E-state index in [-0.39, 0.29) is 11.4 Å². The SMILES string of the molecule is CCCC(C)(C)NS(=O)(=O)c1ccc(C)cc1C#CCN. The molecule has 0 aliphatic rings. The summed E-state index contributed by atoms with van der Waals surface area (Å²) in [6.45, 7) is 7.89. The van der Waals surface area contributed by atoms with Crippen LogP contribution in [-0.4, -0.2) is 20.5 Å². The largest absolute Gasteiger partial charge is 0.320 e. The van der Waals surface area contributed by atoms with Crippen molar-refractivity contribution in [3.63, 3.8) is 0 Å². The second kappa shape index (κ2) is 7.08. The molecule has 0 aromatic heterocycles. The molecule has 0 spiro atoms. The van der Waals surface area contributed by atoms with E-state index in [2.05, 4.69) is 16.6 Å². The predicted molar refractivity (Wildman–Crippen MR) is 86.4 cm³/mol. The van der Waals surface area contributed by atoms with Crippen LogP contribution in [-0.2, 0) is 10.0 Å². The first-order valence-corrected chi connectivity index (χ1v) is 8.54. The highest BCUT2D eigenvalue weighted by molar-refractivity contribution is 7.89. The molecule has 0 aliphatic heterocycles. The summed E-state index contributed by atoms with van der Waals surface area (Å²) >= 11 is 0. The van der Waals surface area contributed by atoms with E-state index >= 15 is 0 Å². The van der Waals surface area contributed by atoms with Gasteiger partial charge in [-0.2, -0.15) is 0 Å². The van der Waals surface area contributed by atoms with E-state index in [9.17, 15) is 8.42 Å². The van der Waals surface area contributed by atoms with Gasteiger partial charge in [0.15, 0.2) is 0 Å². The molecule has 3 N–H and O–H groups in total. The number of hydrogen-bond donors (Lipinski definition) is 2. The summed E-state index contributed by atoms with van der Waals surface area (Å²) in [5.41, 5.74) is 6.33. The van der Waals surface area contributed by atoms with Gasteiger partial charge in [-0.05, 0) is 44.9 Å². The van der Waals surface area contributed by atoms with Crippen molar-refractivity contribution in [2.45, 2.75) is 51.0 Å². The Balaban J connectivity index is 3.25. The van der Waals surface area contributed by atoms with Gasteiger partial charge in [-0.15, -0.1) is 0 Å². The van der Waals surface area contributed by atoms with Crippen molar-refractivity contribution in [3.05, 3.63) is 29.3 Å². The smallest absolute Gasteiger partial charge is 0.242 e. The van der Waals surface area contributed by atoms with Gasteiger partial charge in [-0.25, -0.2) is 13.1 Å². The van der Waals surface area contributed by atoms with Crippen LogP contribution in [0.4, 0.5) is 0 Å². The molecule has 0 saturated carbocycles. The molecule has 116 valence electrons. The zero-order valence-corrected chi connectivity index (χ0v) is 14.0. The topological polar surface area (TPSA) is 72.2 Å². The van der Waals surface area contributed by atoms with Crippen molar-refractivity contribution in [1.29, 1.82) is 0 Å². The first-order chi connectivity index (χ1) is 9.72. The molecule has 21 heavy (non-hydrogen) atoms. The number of rotatable bonds is 5. The van der Waals surface area contributed by atoms with E-state index in [4.69, 9.17) is 5.73 Å². The maximum atomic E-state index is 12.6. The summed E-state index contributed by atoms with van der Waals surface area (Å²) in [5, 5.41) is 0. The molecule has 0 heterocycles. The molecule has 5 heteroatoms. The van der Waals surface area contributed by atoms with Crippen molar-refractivity contribution in [3.8, 4) is 11.8 Å². The second-order valence-corrected chi connectivity index (χ2v) is 7.40. The summed E-state index contributed by atoms with van der Waals surface area (Å²) in [7, 11) is -3.61. The fourth-order valence-electron chi connectivity index (χ4n) is 2.22. The normalized spacial score (nSPS) is 11.9. The highest BCUT2D eigenvalue weighted by atomic mass is 32.2. The third-order valence-corrected chi connectivity index (χ3v) is 4.79. The Morgan fingerprint density at radius 2 is 2.00 bits per heavy atom. The lowest BCUT2D eigenvalue weighted by Crippen LogP contribution is -2.43. The van der Waals surface area contributed by atoms with E-state index in [1.54, 1.807) is 18.2 Å². The third-order valence-electron chi connectivity index (χ3n) is 3.04. The molecule has 0 radical (unpaired) electrons. The molecular formula is C16H24N2O2S. The number of hydrogen-bond acceptors (Lipinski definition) is 3. The lowest BCUT2D eigenvalue weighted by atomic mass is 10.0. The quantitative estimate of drug-likeness (QED) is 0.819. The molecule has 1 aromatic carbocycles. The standard InChI is InChI=1S/C16H24N2O2S/c1-5-10-16(3,4)18-21(19,20)15-9-8-13(2)12-14(15)7-6-11-17/h8-9,12,18H,5,10-11,17H2,1-4H3. The van der Waals surface area contributed by atoms with Gasteiger partial charge in [0.05, 0.1) is 11.4 Å². The summed E-state index contributed by atoms with van der Waals surface area (Å²) in [5.74, 6) is 5.56. The van der Waals surface area contributed by atoms with Gasteiger partial charge < -0.3 is 5.73 Å². The van der Waals surface area contributed by atoms with Crippen molar-refractivity contribution >= 4 is 10.0 Å². The minimum atomic E-state index is -3.61. The Hall–Kier alpha value is -1.35. The Bertz CT molecular complexity index is 653. The Labute approximate surface area is 128 Å². The van der Waals surface area contributed by atoms with Crippen molar-refractivity contribution in [2.24, 2.45) is 5.73 Å². The molecule has 0 unspecified atom stereocenters. The molecule has 1 rings (SSSR count). The maximum absolute atomic E-state index is 12.6. The average molecular weight is 308 g/mol. The van der Waals surface area contributed by atoms with Gasteiger partial charge in [0.25, 0.3) is 0 Å². The van der Waals surface area contributed by atoms with Crippen LogP contribution in [0.1, 0.15) is 44.7 Å². The van der Waals surface area contributed by atoms with E-state index < -0.39 is 15.6 Å². The molecule has 0 fully saturated rings. The summed E-state index contributed by atoms with van der Waals surface area (Å²) in [6, 6.07) is 5.14. The number of nitrogens with two attached hydrogens (primary N) is 1. The van der Waals surface area contributed by atoms with Crippen LogP contribution in [0.15, 0.2) is 23.1 Å². The fraction of sp³-hybridized carbons (Fsp3) is 0.500. The van der Waals surface area contributed by atoms with Crippen molar-refractivity contribution in [1.82, 2.24) is 4.72 Å². The minimum Gasteiger partial charge on any atom is -0.320 e. The summed E-state index contributed by atoms with van der Waals surface area (Å²) in [6.07, 6.45) is 1.67. The number of benzene rings is 1. The Morgan fingerprint density at radius 3 is 2.57 bits per heavy atom. The number of aryl methyl sites for hydroxylation is 1. The molecule has 4 nitrogen and oxygen atoms in total. The third kappa shape index (κ3) is 5.16. The lowest BCUT2D eigenvalue weighted by molar-refractivity contribution is 0.417. The van der Waals surface area contributed by atoms with E-state index in [0.717, 1.165) is 18.4 Å². The first kappa shape index (κ1) is 17.7. The van der Waals surface area contributed by atoms with Crippen LogP contribution in [0.5, 0.6) is 0 Å². The fourth-order valence-corrected chi connectivity index (χ4v) is 3.80. The Kier molecular flexibility index (Phi) is 5.97. The maximum Gasteiger partial charge on any atom is 0.242 e. The van der Waals surface area contributed by atoms with Crippen molar-refractivity contribution < 1.29 is 8.42 Å². The molecule has 0 atom stereocenters. The molecule has 0 aliphatic carbocycles. The Morgan fingerprint density at radius 1 is 1.33 bits per heavy atom. The highest BCUT2D eigenvalue weighted by Gasteiger charge is 2.26. The molecule has 1 aromatic rings. The minimum absolute atomic E-state index is 0.197. The van der Waals surface area contributed by atoms with Gasteiger partial charge in [0.2, 0.25) is 10.0 Å². The molecular weight excluding hydrogens is 284 g/mol. The molecule has 0 saturated heterocycles. The number of nitrogens with one attached hydrogen (secondary N) is 1. The molecule has 0 amide bonds. The molecule has 0 bridgehead atoms. The summed E-state index contributed by atoms with van der Waals surface area (Å²) in [4.78, 5) is 0.207. The van der Waals surface area contributed by atoms with Crippen LogP contribution in [0.2, 0.25) is 0 Å². The van der Waals surface area contributed by atoms with Gasteiger partial charge in [0, 0.05) is 11.1 Å². The first-order valence-electron chi connectivity index (χ1n) is 7.05. The van der Waals surface area contributed by atoms with Crippen LogP contribution in [0, 0.1) is 18.8 Å². The van der Waals surface area contributed by atoms with Gasteiger partial charge in [0.1, 0.15) is 0 Å². The van der Waals surface area contributed by atoms with Gasteiger partial charge in [-0.3, -0.25) is 0 Å². The van der Waals surface area contributed by atoms with Gasteiger partial charge in [-0.1, -0.05) is 31.3 Å². The van der Waals surface area contributed by atoms with Crippen molar-refractivity contribution in [2.75, 3.05) is 6.54 Å². The predicted octanol–water partition coefficient (Wildman–Crippen LogP) is 2.16. The lowest BCUT2D eigenvalue weighted by Gasteiger charge is -2.25. The van der Waals surface area contributed by atoms with Crippen LogP contribution in [0.3, 0.4) is 0 Å². The van der Waals surface area contributed by atoms with Crippen LogP contribution in [0.25, 0.3) is 0 Å². The van der Waals surface area contributed by atoms with Crippen LogP contribution < -0.4 is 10.5 Å². The second-order valence-electron chi connectivity index (χ2n) is 5.74. The highest BCUT2D eigenvalue weighted by Crippen LogP contribution is 2.20. The van der Waals surface area contributed by atoms with Gasteiger partial charge >= 0.3 is 0 Å². The summed E-state index contributed by atoms with van der Waals surface area (Å²) < 4.78 is 28.0. The average Bonchev–Trinajstić information content (AvgIpc) is 2.34. The van der Waals surface area contributed by atoms with E-state index in [0.29, 0.717) is 5.56 Å². The van der Waals surface area contributed by atoms with E-state index in [1.807, 2.05) is 27.7 Å². The zero-order chi connectivity index (χ0) is 16.1. The number of sulfonamides is 1. The van der Waals surface area contributed by atoms with E-state index in [1.165, 1.54) is 0 Å². The van der Waals surface area contributed by atoms with Crippen LogP contribution >= 0.6 is 0 Å². The monoisotopic (exact) mass is 308 g/mol.